The highest BCUT2D eigenvalue weighted by Gasteiger charge is 2.19. The fourth-order valence-corrected chi connectivity index (χ4v) is 1.25. The van der Waals surface area contributed by atoms with Crippen LogP contribution in [0.25, 0.3) is 0 Å². The van der Waals surface area contributed by atoms with Gasteiger partial charge in [0.1, 0.15) is 12.1 Å². The minimum absolute atomic E-state index is 0.424. The van der Waals surface area contributed by atoms with Crippen LogP contribution in [0.2, 0.25) is 0 Å². The summed E-state index contributed by atoms with van der Waals surface area (Å²) in [4.78, 5) is 3.85. The Bertz CT molecular complexity index is 294. The van der Waals surface area contributed by atoms with E-state index in [0.717, 1.165) is 12.8 Å². The normalized spacial score (nSPS) is 19.0. The molecule has 70 valence electrons. The number of hydrogen-bond donors (Lipinski definition) is 2. The molecular weight excluding hydrogens is 170 g/mol. The van der Waals surface area contributed by atoms with Crippen molar-refractivity contribution in [2.75, 3.05) is 6.61 Å². The van der Waals surface area contributed by atoms with Gasteiger partial charge in [-0.15, -0.1) is 0 Å². The minimum Gasteiger partial charge on any atom is -0.495 e. The summed E-state index contributed by atoms with van der Waals surface area (Å²) in [6, 6.07) is 0. The van der Waals surface area contributed by atoms with Crippen LogP contribution < -0.4 is 0 Å². The molecule has 0 saturated heterocycles. The lowest BCUT2D eigenvalue weighted by Crippen LogP contribution is -2.11. The van der Waals surface area contributed by atoms with Crippen LogP contribution in [0.3, 0.4) is 0 Å². The second-order valence-corrected chi connectivity index (χ2v) is 2.87. The molecule has 2 N–H and O–H groups in total. The number of aromatic amines is 1. The number of hydrogen-bond acceptors (Lipinski definition) is 4. The fourth-order valence-electron chi connectivity index (χ4n) is 1.25. The zero-order valence-electron chi connectivity index (χ0n) is 7.10. The van der Waals surface area contributed by atoms with Crippen LogP contribution in [0.15, 0.2) is 18.2 Å². The second kappa shape index (κ2) is 3.57. The number of allylic oxidation sites excluding steroid dienone is 1. The summed E-state index contributed by atoms with van der Waals surface area (Å²) in [6.07, 6.45) is 4.40. The molecule has 2 rings (SSSR count). The molecule has 0 saturated carbocycles. The Morgan fingerprint density at radius 2 is 2.54 bits per heavy atom. The largest absolute Gasteiger partial charge is 0.495 e. The van der Waals surface area contributed by atoms with Gasteiger partial charge in [0, 0.05) is 0 Å². The topological polar surface area (TPSA) is 71.0 Å². The molecule has 5 heteroatoms. The maximum absolute atomic E-state index is 9.71. The van der Waals surface area contributed by atoms with Crippen molar-refractivity contribution in [2.24, 2.45) is 0 Å². The van der Waals surface area contributed by atoms with E-state index in [-0.39, 0.29) is 0 Å². The molecule has 2 heterocycles. The first-order chi connectivity index (χ1) is 6.38. The van der Waals surface area contributed by atoms with Crippen LogP contribution in [0.1, 0.15) is 24.8 Å². The van der Waals surface area contributed by atoms with Gasteiger partial charge in [0.25, 0.3) is 0 Å². The second-order valence-electron chi connectivity index (χ2n) is 2.87. The van der Waals surface area contributed by atoms with Crippen LogP contribution in [0.4, 0.5) is 0 Å². The molecule has 1 aromatic rings. The summed E-state index contributed by atoms with van der Waals surface area (Å²) in [7, 11) is 0. The third kappa shape index (κ3) is 1.70. The quantitative estimate of drug-likeness (QED) is 0.698. The zero-order chi connectivity index (χ0) is 9.10. The Kier molecular flexibility index (Phi) is 2.27. The fraction of sp³-hybridized carbons (Fsp3) is 0.500. The van der Waals surface area contributed by atoms with Gasteiger partial charge in [-0.3, -0.25) is 5.10 Å². The monoisotopic (exact) mass is 181 g/mol. The Hall–Kier alpha value is -1.36. The van der Waals surface area contributed by atoms with Crippen LogP contribution in [0, 0.1) is 0 Å². The van der Waals surface area contributed by atoms with Crippen LogP contribution in [-0.2, 0) is 4.74 Å². The van der Waals surface area contributed by atoms with Crippen molar-refractivity contribution in [1.82, 2.24) is 15.2 Å². The third-order valence-corrected chi connectivity index (χ3v) is 1.92. The molecule has 5 nitrogen and oxygen atoms in total. The van der Waals surface area contributed by atoms with Crippen molar-refractivity contribution in [1.29, 1.82) is 0 Å². The number of H-pyrrole nitrogens is 1. The van der Waals surface area contributed by atoms with Gasteiger partial charge in [-0.2, -0.15) is 5.10 Å². The van der Waals surface area contributed by atoms with Crippen molar-refractivity contribution in [3.8, 4) is 0 Å². The third-order valence-electron chi connectivity index (χ3n) is 1.92. The molecular formula is C8H11N3O2. The van der Waals surface area contributed by atoms with E-state index in [0.29, 0.717) is 18.2 Å². The van der Waals surface area contributed by atoms with Gasteiger partial charge >= 0.3 is 0 Å². The van der Waals surface area contributed by atoms with Gasteiger partial charge in [-0.1, -0.05) is 0 Å². The molecule has 1 aliphatic heterocycles. The van der Waals surface area contributed by atoms with E-state index in [4.69, 9.17) is 4.74 Å². The number of ether oxygens (including phenoxy) is 1. The Balaban J connectivity index is 2.12. The Morgan fingerprint density at radius 1 is 1.62 bits per heavy atom. The molecule has 0 amide bonds. The van der Waals surface area contributed by atoms with E-state index >= 15 is 0 Å². The summed E-state index contributed by atoms with van der Waals surface area (Å²) >= 11 is 0. The molecule has 13 heavy (non-hydrogen) atoms. The first-order valence-electron chi connectivity index (χ1n) is 4.24. The SMILES string of the molecule is OC(C1=CCCCO1)c1ncn[nH]1. The number of aliphatic hydroxyl groups excluding tert-OH is 1. The molecule has 0 aromatic carbocycles. The number of nitrogens with zero attached hydrogens (tertiary/aromatic N) is 2. The average Bonchev–Trinajstić information content (AvgIpc) is 2.71. The van der Waals surface area contributed by atoms with Crippen molar-refractivity contribution >= 4 is 0 Å². The highest BCUT2D eigenvalue weighted by atomic mass is 16.5. The van der Waals surface area contributed by atoms with Gasteiger partial charge in [0.05, 0.1) is 6.61 Å². The predicted molar refractivity (Wildman–Crippen MR) is 44.6 cm³/mol. The van der Waals surface area contributed by atoms with E-state index in [1.54, 1.807) is 0 Å². The molecule has 0 fully saturated rings. The molecule has 1 unspecified atom stereocenters. The average molecular weight is 181 g/mol. The van der Waals surface area contributed by atoms with Crippen LogP contribution in [-0.4, -0.2) is 26.9 Å². The maximum Gasteiger partial charge on any atom is 0.170 e. The molecule has 0 aliphatic carbocycles. The summed E-state index contributed by atoms with van der Waals surface area (Å²) in [5.74, 6) is 0.996. The molecule has 0 spiro atoms. The number of rotatable bonds is 2. The standard InChI is InChI=1S/C8H11N3O2/c12-7(8-9-5-10-11-8)6-3-1-2-4-13-6/h3,5,7,12H,1-2,4H2,(H,9,10,11). The minimum atomic E-state index is -0.803. The number of nitrogens with one attached hydrogen (secondary N) is 1. The number of aromatic nitrogens is 3. The smallest absolute Gasteiger partial charge is 0.170 e. The highest BCUT2D eigenvalue weighted by Crippen LogP contribution is 2.22. The van der Waals surface area contributed by atoms with E-state index in [9.17, 15) is 5.11 Å². The molecule has 1 aromatic heterocycles. The molecule has 1 atom stereocenters. The predicted octanol–water partition coefficient (Wildman–Crippen LogP) is 0.532. The number of aliphatic hydroxyl groups is 1. The van der Waals surface area contributed by atoms with Crippen molar-refractivity contribution in [2.45, 2.75) is 18.9 Å². The molecule has 0 bridgehead atoms. The summed E-state index contributed by atoms with van der Waals surface area (Å²) in [5, 5.41) is 16.0. The first kappa shape index (κ1) is 8.25. The van der Waals surface area contributed by atoms with Crippen molar-refractivity contribution in [3.63, 3.8) is 0 Å². The summed E-state index contributed by atoms with van der Waals surface area (Å²) in [5.41, 5.74) is 0. The van der Waals surface area contributed by atoms with Crippen molar-refractivity contribution in [3.05, 3.63) is 24.0 Å². The maximum atomic E-state index is 9.71. The summed E-state index contributed by atoms with van der Waals surface area (Å²) < 4.78 is 5.29. The van der Waals surface area contributed by atoms with Gasteiger partial charge < -0.3 is 9.84 Å². The molecule has 1 aliphatic rings. The van der Waals surface area contributed by atoms with Crippen LogP contribution >= 0.6 is 0 Å². The van der Waals surface area contributed by atoms with Gasteiger partial charge in [0.2, 0.25) is 0 Å². The lowest BCUT2D eigenvalue weighted by Gasteiger charge is -2.17. The lowest BCUT2D eigenvalue weighted by molar-refractivity contribution is 0.0871. The molecule has 0 radical (unpaired) electrons. The first-order valence-corrected chi connectivity index (χ1v) is 4.24. The zero-order valence-corrected chi connectivity index (χ0v) is 7.10. The van der Waals surface area contributed by atoms with Crippen LogP contribution in [0.5, 0.6) is 0 Å². The van der Waals surface area contributed by atoms with E-state index < -0.39 is 6.10 Å². The lowest BCUT2D eigenvalue weighted by atomic mass is 10.2. The van der Waals surface area contributed by atoms with E-state index in [1.165, 1.54) is 6.33 Å². The van der Waals surface area contributed by atoms with Gasteiger partial charge in [-0.25, -0.2) is 4.98 Å². The highest BCUT2D eigenvalue weighted by molar-refractivity contribution is 5.09. The van der Waals surface area contributed by atoms with Crippen molar-refractivity contribution < 1.29 is 9.84 Å². The van der Waals surface area contributed by atoms with Gasteiger partial charge in [0.15, 0.2) is 11.9 Å². The van der Waals surface area contributed by atoms with E-state index in [1.807, 2.05) is 6.08 Å². The van der Waals surface area contributed by atoms with E-state index in [2.05, 4.69) is 15.2 Å². The Morgan fingerprint density at radius 3 is 3.15 bits per heavy atom. The summed E-state index contributed by atoms with van der Waals surface area (Å²) in [6.45, 7) is 0.664. The van der Waals surface area contributed by atoms with Gasteiger partial charge in [-0.05, 0) is 18.9 Å². The Labute approximate surface area is 75.5 Å².